The quantitative estimate of drug-likeness (QED) is 0.762. The summed E-state index contributed by atoms with van der Waals surface area (Å²) in [5, 5.41) is 0.870. The van der Waals surface area contributed by atoms with Crippen LogP contribution < -0.4 is 5.56 Å². The van der Waals surface area contributed by atoms with E-state index in [1.807, 2.05) is 4.57 Å². The molecule has 124 valence electrons. The van der Waals surface area contributed by atoms with Crippen molar-refractivity contribution in [2.75, 3.05) is 13.1 Å². The molecule has 4 nitrogen and oxygen atoms in total. The molecule has 5 heteroatoms. The van der Waals surface area contributed by atoms with Crippen LogP contribution in [0, 0.1) is 0 Å². The second-order valence-electron chi connectivity index (χ2n) is 6.08. The van der Waals surface area contributed by atoms with E-state index in [9.17, 15) is 4.79 Å². The molecule has 2 heterocycles. The number of aryl methyl sites for hydroxylation is 2. The Labute approximate surface area is 141 Å². The second kappa shape index (κ2) is 6.97. The first-order chi connectivity index (χ1) is 11.2. The van der Waals surface area contributed by atoms with Gasteiger partial charge in [-0.3, -0.25) is 14.3 Å². The average Bonchev–Trinajstić information content (AvgIpc) is 2.94. The topological polar surface area (TPSA) is 38.1 Å². The zero-order valence-corrected chi connectivity index (χ0v) is 14.9. The van der Waals surface area contributed by atoms with Gasteiger partial charge in [0, 0.05) is 11.4 Å². The number of thiophene rings is 1. The molecule has 0 aliphatic heterocycles. The molecule has 2 aromatic rings. The van der Waals surface area contributed by atoms with Gasteiger partial charge in [-0.2, -0.15) is 0 Å². The molecule has 0 unspecified atom stereocenters. The van der Waals surface area contributed by atoms with Crippen LogP contribution in [0.4, 0.5) is 0 Å². The monoisotopic (exact) mass is 331 g/mol. The van der Waals surface area contributed by atoms with Crippen molar-refractivity contribution in [3.63, 3.8) is 0 Å². The molecule has 0 fully saturated rings. The number of hydrogen-bond acceptors (Lipinski definition) is 4. The fraction of sp³-hybridized carbons (Fsp3) is 0.556. The first-order valence-electron chi connectivity index (χ1n) is 8.56. The Morgan fingerprint density at radius 2 is 2.04 bits per heavy atom. The number of fused-ring (bicyclic) bond motifs is 3. The van der Waals surface area contributed by atoms with Gasteiger partial charge in [0.25, 0.3) is 5.56 Å². The van der Waals surface area contributed by atoms with Crippen LogP contribution in [0.25, 0.3) is 10.2 Å². The lowest BCUT2D eigenvalue weighted by molar-refractivity contribution is 0.283. The second-order valence-corrected chi connectivity index (χ2v) is 7.17. The highest BCUT2D eigenvalue weighted by molar-refractivity contribution is 7.18. The highest BCUT2D eigenvalue weighted by Gasteiger charge is 2.22. The Morgan fingerprint density at radius 3 is 2.74 bits per heavy atom. The molecule has 0 amide bonds. The molecule has 1 aliphatic rings. The molecular formula is C18H25N3OS. The van der Waals surface area contributed by atoms with Crippen molar-refractivity contribution in [2.24, 2.45) is 0 Å². The molecule has 0 atom stereocenters. The molecule has 0 aromatic carbocycles. The van der Waals surface area contributed by atoms with Gasteiger partial charge in [-0.1, -0.05) is 19.9 Å². The van der Waals surface area contributed by atoms with Crippen LogP contribution >= 0.6 is 11.3 Å². The zero-order chi connectivity index (χ0) is 16.4. The van der Waals surface area contributed by atoms with Gasteiger partial charge in [-0.05, 0) is 44.3 Å². The molecule has 23 heavy (non-hydrogen) atoms. The largest absolute Gasteiger partial charge is 0.297 e. The van der Waals surface area contributed by atoms with E-state index >= 15 is 0 Å². The van der Waals surface area contributed by atoms with Crippen molar-refractivity contribution < 1.29 is 0 Å². The zero-order valence-electron chi connectivity index (χ0n) is 14.1. The van der Waals surface area contributed by atoms with E-state index in [4.69, 9.17) is 4.98 Å². The standard InChI is InChI=1S/C18H25N3OS/c1-4-11-21-15(12-20(5-2)6-3)19-17-16(18(21)22)13-9-7-8-10-14(13)23-17/h4H,1,5-12H2,2-3H3. The molecule has 0 saturated carbocycles. The van der Waals surface area contributed by atoms with Crippen molar-refractivity contribution in [3.05, 3.63) is 39.3 Å². The maximum Gasteiger partial charge on any atom is 0.262 e. The maximum absolute atomic E-state index is 13.1. The third-order valence-corrected chi connectivity index (χ3v) is 5.91. The van der Waals surface area contributed by atoms with Gasteiger partial charge in [-0.15, -0.1) is 17.9 Å². The first kappa shape index (κ1) is 16.4. The summed E-state index contributed by atoms with van der Waals surface area (Å²) in [6, 6.07) is 0. The van der Waals surface area contributed by atoms with Crippen LogP contribution in [0.15, 0.2) is 17.4 Å². The van der Waals surface area contributed by atoms with E-state index in [1.165, 1.54) is 23.3 Å². The van der Waals surface area contributed by atoms with Crippen molar-refractivity contribution >= 4 is 21.6 Å². The molecule has 2 aromatic heterocycles. The minimum Gasteiger partial charge on any atom is -0.297 e. The third-order valence-electron chi connectivity index (χ3n) is 4.73. The van der Waals surface area contributed by atoms with Crippen molar-refractivity contribution in [1.82, 2.24) is 14.5 Å². The summed E-state index contributed by atoms with van der Waals surface area (Å²) in [6.45, 7) is 11.3. The van der Waals surface area contributed by atoms with Gasteiger partial charge in [0.05, 0.1) is 11.9 Å². The minimum absolute atomic E-state index is 0.122. The van der Waals surface area contributed by atoms with E-state index in [0.717, 1.165) is 42.0 Å². The minimum atomic E-state index is 0.122. The predicted molar refractivity (Wildman–Crippen MR) is 97.3 cm³/mol. The number of allylic oxidation sites excluding steroid dienone is 1. The van der Waals surface area contributed by atoms with Crippen LogP contribution in [0.5, 0.6) is 0 Å². The summed E-state index contributed by atoms with van der Waals surface area (Å²) >= 11 is 1.73. The lowest BCUT2D eigenvalue weighted by Gasteiger charge is -2.20. The molecule has 0 spiro atoms. The van der Waals surface area contributed by atoms with E-state index in [0.29, 0.717) is 13.1 Å². The molecule has 0 radical (unpaired) electrons. The van der Waals surface area contributed by atoms with Crippen molar-refractivity contribution in [3.8, 4) is 0 Å². The van der Waals surface area contributed by atoms with Crippen LogP contribution in [-0.4, -0.2) is 27.5 Å². The Morgan fingerprint density at radius 1 is 1.30 bits per heavy atom. The summed E-state index contributed by atoms with van der Waals surface area (Å²) < 4.78 is 1.81. The summed E-state index contributed by atoms with van der Waals surface area (Å²) in [7, 11) is 0. The van der Waals surface area contributed by atoms with Gasteiger partial charge >= 0.3 is 0 Å². The Balaban J connectivity index is 2.17. The normalized spacial score (nSPS) is 14.4. The van der Waals surface area contributed by atoms with Gasteiger partial charge in [0.2, 0.25) is 0 Å². The van der Waals surface area contributed by atoms with Crippen molar-refractivity contribution in [2.45, 2.75) is 52.6 Å². The summed E-state index contributed by atoms with van der Waals surface area (Å²) in [5.41, 5.74) is 1.39. The smallest absolute Gasteiger partial charge is 0.262 e. The van der Waals surface area contributed by atoms with Crippen LogP contribution in [0.3, 0.4) is 0 Å². The summed E-state index contributed by atoms with van der Waals surface area (Å²) in [6.07, 6.45) is 6.33. The van der Waals surface area contributed by atoms with Gasteiger partial charge in [0.1, 0.15) is 10.7 Å². The van der Waals surface area contributed by atoms with E-state index < -0.39 is 0 Å². The third kappa shape index (κ3) is 3.00. The number of rotatable bonds is 6. The number of aromatic nitrogens is 2. The Hall–Kier alpha value is -1.46. The van der Waals surface area contributed by atoms with Gasteiger partial charge < -0.3 is 0 Å². The SMILES string of the molecule is C=CCn1c(CN(CC)CC)nc2sc3c(c2c1=O)CCCC3. The molecule has 1 aliphatic carbocycles. The van der Waals surface area contributed by atoms with Crippen LogP contribution in [-0.2, 0) is 25.9 Å². The Bertz CT molecular complexity index is 771. The summed E-state index contributed by atoms with van der Waals surface area (Å²) in [5.74, 6) is 0.865. The highest BCUT2D eigenvalue weighted by Crippen LogP contribution is 2.33. The molecular weight excluding hydrogens is 306 g/mol. The lowest BCUT2D eigenvalue weighted by atomic mass is 9.97. The summed E-state index contributed by atoms with van der Waals surface area (Å²) in [4.78, 5) is 22.6. The van der Waals surface area contributed by atoms with Gasteiger partial charge in [-0.25, -0.2) is 4.98 Å². The molecule has 0 N–H and O–H groups in total. The molecule has 0 bridgehead atoms. The predicted octanol–water partition coefficient (Wildman–Crippen LogP) is 3.36. The number of nitrogens with zero attached hydrogens (tertiary/aromatic N) is 3. The maximum atomic E-state index is 13.1. The van der Waals surface area contributed by atoms with Crippen molar-refractivity contribution in [1.29, 1.82) is 0 Å². The average molecular weight is 331 g/mol. The molecule has 0 saturated heterocycles. The number of hydrogen-bond donors (Lipinski definition) is 0. The van der Waals surface area contributed by atoms with E-state index in [2.05, 4.69) is 25.3 Å². The van der Waals surface area contributed by atoms with E-state index in [1.54, 1.807) is 17.4 Å². The van der Waals surface area contributed by atoms with Crippen LogP contribution in [0.1, 0.15) is 43.0 Å². The highest BCUT2D eigenvalue weighted by atomic mass is 32.1. The first-order valence-corrected chi connectivity index (χ1v) is 9.38. The van der Waals surface area contributed by atoms with E-state index in [-0.39, 0.29) is 5.56 Å². The fourth-order valence-corrected chi connectivity index (χ4v) is 4.64. The Kier molecular flexibility index (Phi) is 4.97. The van der Waals surface area contributed by atoms with Gasteiger partial charge in [0.15, 0.2) is 0 Å². The lowest BCUT2D eigenvalue weighted by Crippen LogP contribution is -2.31. The van der Waals surface area contributed by atoms with Crippen LogP contribution in [0.2, 0.25) is 0 Å². The fourth-order valence-electron chi connectivity index (χ4n) is 3.37. The molecule has 3 rings (SSSR count).